The fraction of sp³-hybridized carbons (Fsp3) is 0.500. The van der Waals surface area contributed by atoms with Crippen molar-refractivity contribution >= 4 is 35.2 Å². The average Bonchev–Trinajstić information content (AvgIpc) is 3.22. The molecule has 2 atom stereocenters. The summed E-state index contributed by atoms with van der Waals surface area (Å²) in [4.78, 5) is 31.9. The van der Waals surface area contributed by atoms with Gasteiger partial charge in [-0.1, -0.05) is 41.6 Å². The smallest absolute Gasteiger partial charge is 0.309 e. The van der Waals surface area contributed by atoms with Gasteiger partial charge in [-0.25, -0.2) is 4.98 Å². The van der Waals surface area contributed by atoms with Crippen LogP contribution in [0.1, 0.15) is 42.0 Å². The minimum Gasteiger partial charge on any atom is -0.466 e. The van der Waals surface area contributed by atoms with Gasteiger partial charge in [0.15, 0.2) is 5.16 Å². The zero-order valence-electron chi connectivity index (χ0n) is 16.4. The molecule has 29 heavy (non-hydrogen) atoms. The van der Waals surface area contributed by atoms with E-state index in [1.807, 2.05) is 31.2 Å². The Labute approximate surface area is 178 Å². The van der Waals surface area contributed by atoms with Crippen LogP contribution >= 0.6 is 23.4 Å². The average molecular weight is 435 g/mol. The van der Waals surface area contributed by atoms with E-state index in [9.17, 15) is 9.59 Å². The highest BCUT2D eigenvalue weighted by Gasteiger charge is 2.44. The van der Waals surface area contributed by atoms with Crippen molar-refractivity contribution in [2.45, 2.75) is 43.1 Å². The van der Waals surface area contributed by atoms with Crippen molar-refractivity contribution in [1.29, 1.82) is 0 Å². The Hall–Kier alpha value is -1.90. The molecule has 9 heteroatoms. The summed E-state index contributed by atoms with van der Waals surface area (Å²) in [6.45, 7) is 5.38. The summed E-state index contributed by atoms with van der Waals surface area (Å²) < 4.78 is 6.59. The normalized spacial score (nSPS) is 21.2. The molecular formula is C20H23ClN4O3S. The second-order valence-electron chi connectivity index (χ2n) is 7.26. The van der Waals surface area contributed by atoms with E-state index in [1.54, 1.807) is 6.92 Å². The lowest BCUT2D eigenvalue weighted by Gasteiger charge is -2.39. The van der Waals surface area contributed by atoms with Gasteiger partial charge in [-0.15, -0.1) is 5.10 Å². The van der Waals surface area contributed by atoms with Gasteiger partial charge in [0.25, 0.3) is 5.91 Å². The fourth-order valence-electron chi connectivity index (χ4n) is 4.04. The van der Waals surface area contributed by atoms with Crippen molar-refractivity contribution in [2.24, 2.45) is 5.92 Å². The molecular weight excluding hydrogens is 412 g/mol. The summed E-state index contributed by atoms with van der Waals surface area (Å²) in [6.07, 6.45) is 1.40. The van der Waals surface area contributed by atoms with Crippen molar-refractivity contribution in [3.8, 4) is 0 Å². The van der Waals surface area contributed by atoms with Crippen molar-refractivity contribution in [2.75, 3.05) is 19.7 Å². The number of nitrogens with zero attached hydrogens (tertiary/aromatic N) is 4. The minimum absolute atomic E-state index is 0.0805. The van der Waals surface area contributed by atoms with E-state index in [-0.39, 0.29) is 29.1 Å². The molecule has 0 amide bonds. The Morgan fingerprint density at radius 3 is 2.72 bits per heavy atom. The van der Waals surface area contributed by atoms with Crippen LogP contribution in [0.2, 0.25) is 5.02 Å². The van der Waals surface area contributed by atoms with Gasteiger partial charge >= 0.3 is 5.97 Å². The van der Waals surface area contributed by atoms with Crippen LogP contribution in [0, 0.1) is 12.8 Å². The molecule has 2 aliphatic rings. The van der Waals surface area contributed by atoms with Crippen LogP contribution in [0.5, 0.6) is 0 Å². The number of halogens is 1. The molecule has 2 aliphatic heterocycles. The monoisotopic (exact) mass is 434 g/mol. The second-order valence-corrected chi connectivity index (χ2v) is 8.77. The Morgan fingerprint density at radius 1 is 1.34 bits per heavy atom. The molecule has 4 rings (SSSR count). The maximum Gasteiger partial charge on any atom is 0.309 e. The molecule has 0 N–H and O–H groups in total. The molecule has 0 radical (unpaired) electrons. The molecule has 1 saturated heterocycles. The molecule has 154 valence electrons. The molecule has 2 unspecified atom stereocenters. The first-order valence-electron chi connectivity index (χ1n) is 9.79. The van der Waals surface area contributed by atoms with Crippen molar-refractivity contribution in [3.05, 3.63) is 40.7 Å². The Bertz CT molecular complexity index is 926. The van der Waals surface area contributed by atoms with E-state index >= 15 is 0 Å². The second kappa shape index (κ2) is 8.45. The lowest BCUT2D eigenvalue weighted by Crippen LogP contribution is -2.44. The molecule has 1 aromatic heterocycles. The number of hydrogen-bond acceptors (Lipinski definition) is 7. The Balaban J connectivity index is 1.60. The van der Waals surface area contributed by atoms with Gasteiger partial charge in [-0.05, 0) is 51.4 Å². The summed E-state index contributed by atoms with van der Waals surface area (Å²) in [5.41, 5.74) is 0.914. The number of aryl methyl sites for hydroxylation is 1. The number of carbonyl (C=O) groups is 2. The first-order valence-corrected chi connectivity index (χ1v) is 11.0. The summed E-state index contributed by atoms with van der Waals surface area (Å²) >= 11 is 7.97. The van der Waals surface area contributed by atoms with Crippen LogP contribution in [-0.2, 0) is 9.53 Å². The molecule has 0 saturated carbocycles. The Kier molecular flexibility index (Phi) is 5.94. The number of rotatable bonds is 5. The van der Waals surface area contributed by atoms with Gasteiger partial charge in [0.05, 0.1) is 18.6 Å². The van der Waals surface area contributed by atoms with Crippen LogP contribution in [0.4, 0.5) is 0 Å². The predicted octanol–water partition coefficient (Wildman–Crippen LogP) is 3.37. The summed E-state index contributed by atoms with van der Waals surface area (Å²) in [7, 11) is 0. The number of hydrogen-bond donors (Lipinski definition) is 0. The highest BCUT2D eigenvalue weighted by molar-refractivity contribution is 8.00. The fourth-order valence-corrected chi connectivity index (χ4v) is 5.58. The highest BCUT2D eigenvalue weighted by Crippen LogP contribution is 2.43. The third kappa shape index (κ3) is 3.93. The van der Waals surface area contributed by atoms with E-state index < -0.39 is 0 Å². The first-order chi connectivity index (χ1) is 14.0. The van der Waals surface area contributed by atoms with Crippen molar-refractivity contribution < 1.29 is 14.3 Å². The number of aromatic nitrogens is 3. The van der Waals surface area contributed by atoms with Gasteiger partial charge in [0, 0.05) is 5.02 Å². The van der Waals surface area contributed by atoms with Gasteiger partial charge in [-0.2, -0.15) is 4.68 Å². The largest absolute Gasteiger partial charge is 0.466 e. The third-order valence-corrected chi connectivity index (χ3v) is 6.95. The summed E-state index contributed by atoms with van der Waals surface area (Å²) in [5, 5.41) is 5.11. The van der Waals surface area contributed by atoms with E-state index in [2.05, 4.69) is 15.0 Å². The highest BCUT2D eigenvalue weighted by atomic mass is 35.5. The molecule has 1 aromatic carbocycles. The molecule has 0 spiro atoms. The maximum atomic E-state index is 13.1. The summed E-state index contributed by atoms with van der Waals surface area (Å²) in [6, 6.07) is 7.42. The number of likely N-dealkylation sites (tertiary alicyclic amines) is 1. The number of fused-ring (bicyclic) bond motifs is 1. The topological polar surface area (TPSA) is 77.3 Å². The van der Waals surface area contributed by atoms with Gasteiger partial charge in [-0.3, -0.25) is 14.5 Å². The molecule has 7 nitrogen and oxygen atoms in total. The zero-order valence-corrected chi connectivity index (χ0v) is 17.9. The van der Waals surface area contributed by atoms with Gasteiger partial charge < -0.3 is 4.74 Å². The number of ether oxygens (including phenoxy) is 1. The lowest BCUT2D eigenvalue weighted by atomic mass is 9.92. The van der Waals surface area contributed by atoms with E-state index in [0.29, 0.717) is 48.5 Å². The molecule has 0 bridgehead atoms. The maximum absolute atomic E-state index is 13.1. The number of esters is 1. The third-order valence-electron chi connectivity index (χ3n) is 5.42. The van der Waals surface area contributed by atoms with Crippen LogP contribution in [0.3, 0.4) is 0 Å². The van der Waals surface area contributed by atoms with Crippen LogP contribution in [0.25, 0.3) is 0 Å². The summed E-state index contributed by atoms with van der Waals surface area (Å²) in [5.74, 6) is 0.282. The Morgan fingerprint density at radius 2 is 2.07 bits per heavy atom. The van der Waals surface area contributed by atoms with Crippen LogP contribution < -0.4 is 0 Å². The quantitative estimate of drug-likeness (QED) is 0.667. The van der Waals surface area contributed by atoms with E-state index in [4.69, 9.17) is 16.3 Å². The van der Waals surface area contributed by atoms with E-state index in [0.717, 1.165) is 5.56 Å². The molecule has 3 heterocycles. The van der Waals surface area contributed by atoms with Crippen LogP contribution in [0.15, 0.2) is 29.4 Å². The van der Waals surface area contributed by atoms with Gasteiger partial charge in [0.2, 0.25) is 0 Å². The first kappa shape index (κ1) is 20.4. The molecule has 2 aromatic rings. The van der Waals surface area contributed by atoms with Gasteiger partial charge in [0.1, 0.15) is 11.1 Å². The number of piperidine rings is 1. The molecule has 0 aliphatic carbocycles. The van der Waals surface area contributed by atoms with Crippen molar-refractivity contribution in [3.63, 3.8) is 0 Å². The van der Waals surface area contributed by atoms with E-state index in [1.165, 1.54) is 16.4 Å². The standard InChI is InChI=1S/C20H23ClN4O3S/c1-3-28-19(27)13-8-10-24(11-9-13)16(14-6-4-5-7-15(14)21)17-18(26)25-20(29-17)22-12(2)23-25/h4-7,13,16-17H,3,8-11H2,1-2H3. The zero-order chi connectivity index (χ0) is 20.5. The minimum atomic E-state index is -0.385. The molecule has 1 fully saturated rings. The number of benzene rings is 1. The lowest BCUT2D eigenvalue weighted by molar-refractivity contribution is -0.149. The SMILES string of the molecule is CCOC(=O)C1CCN(C(c2ccccc2Cl)C2Sc3nc(C)nn3C2=O)CC1. The number of thioether (sulfide) groups is 1. The van der Waals surface area contributed by atoms with Crippen molar-refractivity contribution in [1.82, 2.24) is 19.7 Å². The number of carbonyl (C=O) groups excluding carboxylic acids is 2. The van der Waals surface area contributed by atoms with Crippen LogP contribution in [-0.4, -0.2) is 56.5 Å². The predicted molar refractivity (Wildman–Crippen MR) is 110 cm³/mol.